The van der Waals surface area contributed by atoms with Crippen molar-refractivity contribution in [3.8, 4) is 0 Å². The van der Waals surface area contributed by atoms with Crippen LogP contribution in [0.1, 0.15) is 26.7 Å². The lowest BCUT2D eigenvalue weighted by Gasteiger charge is -2.41. The van der Waals surface area contributed by atoms with E-state index in [2.05, 4.69) is 24.4 Å². The van der Waals surface area contributed by atoms with Crippen LogP contribution in [0.3, 0.4) is 0 Å². The van der Waals surface area contributed by atoms with E-state index in [1.807, 2.05) is 37.3 Å². The van der Waals surface area contributed by atoms with Gasteiger partial charge in [0, 0.05) is 5.69 Å². The predicted molar refractivity (Wildman–Crippen MR) is 83.2 cm³/mol. The zero-order chi connectivity index (χ0) is 14.7. The molecule has 1 unspecified atom stereocenters. The van der Waals surface area contributed by atoms with E-state index in [0.717, 1.165) is 23.9 Å². The largest absolute Gasteiger partial charge is 0.371 e. The van der Waals surface area contributed by atoms with Gasteiger partial charge in [-0.05, 0) is 49.6 Å². The van der Waals surface area contributed by atoms with E-state index in [1.165, 1.54) is 5.39 Å². The number of nitrogens with one attached hydrogen (secondary N) is 1. The maximum atomic E-state index is 12.7. The number of fused-ring (bicyclic) bond motifs is 2. The highest BCUT2D eigenvalue weighted by Gasteiger charge is 2.67. The van der Waals surface area contributed by atoms with Gasteiger partial charge in [-0.25, -0.2) is 0 Å². The van der Waals surface area contributed by atoms with Gasteiger partial charge in [0.05, 0.1) is 17.1 Å². The molecular weight excluding hydrogens is 262 g/mol. The molecule has 0 radical (unpaired) electrons. The molecule has 0 aromatic heterocycles. The van der Waals surface area contributed by atoms with Crippen LogP contribution in [0.5, 0.6) is 0 Å². The van der Waals surface area contributed by atoms with E-state index >= 15 is 0 Å². The van der Waals surface area contributed by atoms with Crippen LogP contribution < -0.4 is 5.32 Å². The fourth-order valence-electron chi connectivity index (χ4n) is 4.06. The van der Waals surface area contributed by atoms with Crippen LogP contribution in [0.15, 0.2) is 42.5 Å². The maximum Gasteiger partial charge on any atom is 0.233 e. The molecule has 2 bridgehead atoms. The monoisotopic (exact) mass is 281 g/mol. The normalized spacial score (nSPS) is 33.7. The standard InChI is InChI=1S/C18H19NO2/c1-12-18(10-17(2,11-18)21-12)16(20)19-15-8-7-13-5-3-4-6-14(13)9-15/h3-9,12H,10-11H2,1-2H3,(H,19,20). The van der Waals surface area contributed by atoms with Gasteiger partial charge in [-0.2, -0.15) is 0 Å². The summed E-state index contributed by atoms with van der Waals surface area (Å²) in [5.41, 5.74) is 0.446. The first-order chi connectivity index (χ1) is 10.0. The summed E-state index contributed by atoms with van der Waals surface area (Å²) in [4.78, 5) is 12.7. The quantitative estimate of drug-likeness (QED) is 0.910. The van der Waals surface area contributed by atoms with Crippen LogP contribution in [-0.4, -0.2) is 17.6 Å². The molecule has 1 atom stereocenters. The van der Waals surface area contributed by atoms with Crippen molar-refractivity contribution in [3.63, 3.8) is 0 Å². The van der Waals surface area contributed by atoms with Crippen molar-refractivity contribution < 1.29 is 9.53 Å². The van der Waals surface area contributed by atoms with Crippen LogP contribution >= 0.6 is 0 Å². The zero-order valence-corrected chi connectivity index (χ0v) is 12.3. The average molecular weight is 281 g/mol. The average Bonchev–Trinajstić information content (AvgIpc) is 2.84. The minimum Gasteiger partial charge on any atom is -0.371 e. The molecule has 2 aromatic carbocycles. The third-order valence-corrected chi connectivity index (χ3v) is 5.08. The van der Waals surface area contributed by atoms with Gasteiger partial charge in [0.25, 0.3) is 0 Å². The summed E-state index contributed by atoms with van der Waals surface area (Å²) >= 11 is 0. The van der Waals surface area contributed by atoms with Gasteiger partial charge in [0.2, 0.25) is 5.91 Å². The van der Waals surface area contributed by atoms with Crippen molar-refractivity contribution in [2.45, 2.75) is 38.4 Å². The Morgan fingerprint density at radius 3 is 2.57 bits per heavy atom. The summed E-state index contributed by atoms with van der Waals surface area (Å²) in [6.45, 7) is 4.11. The summed E-state index contributed by atoms with van der Waals surface area (Å²) in [6.07, 6.45) is 1.67. The fraction of sp³-hybridized carbons (Fsp3) is 0.389. The molecule has 3 heteroatoms. The van der Waals surface area contributed by atoms with Crippen LogP contribution in [0.25, 0.3) is 10.8 Å². The second-order valence-corrected chi connectivity index (χ2v) is 6.74. The number of hydrogen-bond donors (Lipinski definition) is 1. The molecule has 108 valence electrons. The highest BCUT2D eigenvalue weighted by Crippen LogP contribution is 2.61. The highest BCUT2D eigenvalue weighted by atomic mass is 16.5. The lowest BCUT2D eigenvalue weighted by Crippen LogP contribution is -2.50. The molecular formula is C18H19NO2. The SMILES string of the molecule is CC1OC2(C)CC1(C(=O)Nc1ccc3ccccc3c1)C2. The lowest BCUT2D eigenvalue weighted by molar-refractivity contribution is -0.130. The summed E-state index contributed by atoms with van der Waals surface area (Å²) in [6, 6.07) is 14.2. The molecule has 1 aliphatic carbocycles. The molecule has 3 nitrogen and oxygen atoms in total. The Hall–Kier alpha value is -1.87. The molecule has 2 aliphatic heterocycles. The first-order valence-corrected chi connectivity index (χ1v) is 7.49. The summed E-state index contributed by atoms with van der Waals surface area (Å²) in [5, 5.41) is 5.41. The number of hydrogen-bond acceptors (Lipinski definition) is 2. The van der Waals surface area contributed by atoms with E-state index in [-0.39, 0.29) is 23.0 Å². The van der Waals surface area contributed by atoms with Gasteiger partial charge < -0.3 is 10.1 Å². The van der Waals surface area contributed by atoms with Crippen molar-refractivity contribution in [1.29, 1.82) is 0 Å². The maximum absolute atomic E-state index is 12.7. The molecule has 1 amide bonds. The third-order valence-electron chi connectivity index (χ3n) is 5.08. The molecule has 2 saturated heterocycles. The first kappa shape index (κ1) is 12.8. The number of carbonyl (C=O) groups is 1. The fourth-order valence-corrected chi connectivity index (χ4v) is 4.06. The predicted octanol–water partition coefficient (Wildman–Crippen LogP) is 3.74. The van der Waals surface area contributed by atoms with Crippen molar-refractivity contribution in [2.75, 3.05) is 5.32 Å². The smallest absolute Gasteiger partial charge is 0.233 e. The number of ether oxygens (including phenoxy) is 1. The topological polar surface area (TPSA) is 38.3 Å². The minimum absolute atomic E-state index is 0.00274. The molecule has 1 saturated carbocycles. The first-order valence-electron chi connectivity index (χ1n) is 7.49. The van der Waals surface area contributed by atoms with Gasteiger partial charge in [-0.15, -0.1) is 0 Å². The Bertz CT molecular complexity index is 731. The number of rotatable bonds is 2. The Labute approximate surface area is 124 Å². The van der Waals surface area contributed by atoms with Gasteiger partial charge >= 0.3 is 0 Å². The zero-order valence-electron chi connectivity index (χ0n) is 12.3. The van der Waals surface area contributed by atoms with Crippen molar-refractivity contribution in [1.82, 2.24) is 0 Å². The van der Waals surface area contributed by atoms with E-state index in [9.17, 15) is 4.79 Å². The Balaban J connectivity index is 1.59. The van der Waals surface area contributed by atoms with Gasteiger partial charge in [0.1, 0.15) is 0 Å². The molecule has 2 heterocycles. The van der Waals surface area contributed by atoms with Crippen LogP contribution in [0.2, 0.25) is 0 Å². The molecule has 2 aromatic rings. The van der Waals surface area contributed by atoms with Gasteiger partial charge in [-0.3, -0.25) is 4.79 Å². The highest BCUT2D eigenvalue weighted by molar-refractivity contribution is 5.99. The Kier molecular flexibility index (Phi) is 2.49. The number of anilines is 1. The van der Waals surface area contributed by atoms with E-state index in [0.29, 0.717) is 0 Å². The molecule has 3 aliphatic rings. The summed E-state index contributed by atoms with van der Waals surface area (Å²) in [7, 11) is 0. The van der Waals surface area contributed by atoms with Crippen molar-refractivity contribution in [2.24, 2.45) is 5.41 Å². The van der Waals surface area contributed by atoms with E-state index in [4.69, 9.17) is 4.74 Å². The lowest BCUT2D eigenvalue weighted by atomic mass is 9.60. The van der Waals surface area contributed by atoms with Crippen molar-refractivity contribution in [3.05, 3.63) is 42.5 Å². The Morgan fingerprint density at radius 1 is 1.19 bits per heavy atom. The van der Waals surface area contributed by atoms with Crippen molar-refractivity contribution >= 4 is 22.4 Å². The minimum atomic E-state index is -0.333. The number of benzene rings is 2. The molecule has 5 rings (SSSR count). The second-order valence-electron chi connectivity index (χ2n) is 6.74. The van der Waals surface area contributed by atoms with Crippen LogP contribution in [0, 0.1) is 5.41 Å². The van der Waals surface area contributed by atoms with Gasteiger partial charge in [-0.1, -0.05) is 30.3 Å². The van der Waals surface area contributed by atoms with Gasteiger partial charge in [0.15, 0.2) is 0 Å². The van der Waals surface area contributed by atoms with E-state index < -0.39 is 0 Å². The number of carbonyl (C=O) groups excluding carboxylic acids is 1. The molecule has 0 spiro atoms. The number of amides is 1. The van der Waals surface area contributed by atoms with Crippen LogP contribution in [0.4, 0.5) is 5.69 Å². The van der Waals surface area contributed by atoms with Crippen LogP contribution in [-0.2, 0) is 9.53 Å². The second kappa shape index (κ2) is 4.08. The molecule has 21 heavy (non-hydrogen) atoms. The summed E-state index contributed by atoms with van der Waals surface area (Å²) in [5.74, 6) is 0.0975. The molecule has 1 N–H and O–H groups in total. The molecule has 3 fully saturated rings. The van der Waals surface area contributed by atoms with E-state index in [1.54, 1.807) is 0 Å². The third kappa shape index (κ3) is 1.80. The summed E-state index contributed by atoms with van der Waals surface area (Å²) < 4.78 is 5.89. The Morgan fingerprint density at radius 2 is 1.90 bits per heavy atom.